The van der Waals surface area contributed by atoms with Crippen molar-refractivity contribution in [3.63, 3.8) is 0 Å². The molecule has 0 aromatic heterocycles. The predicted octanol–water partition coefficient (Wildman–Crippen LogP) is 3.53. The third kappa shape index (κ3) is 4.26. The molecule has 2 atom stereocenters. The normalized spacial score (nSPS) is 13.9. The van der Waals surface area contributed by atoms with Gasteiger partial charge in [-0.2, -0.15) is 0 Å². The minimum atomic E-state index is -0.717. The van der Waals surface area contributed by atoms with E-state index in [0.717, 1.165) is 0 Å². The number of carbonyl (C=O) groups excluding carboxylic acids is 1. The van der Waals surface area contributed by atoms with Crippen LogP contribution < -0.4 is 4.74 Å². The number of hydrogen-bond acceptors (Lipinski definition) is 2. The Hall–Kier alpha value is -0.640. The molecule has 0 heterocycles. The lowest BCUT2D eigenvalue weighted by atomic mass is 10.3. The molecule has 0 fully saturated rings. The van der Waals surface area contributed by atoms with Crippen LogP contribution in [0.15, 0.2) is 30.3 Å². The van der Waals surface area contributed by atoms with Crippen LogP contribution in [0.4, 0.5) is 4.79 Å². The molecule has 0 radical (unpaired) electrons. The molecule has 0 bridgehead atoms. The van der Waals surface area contributed by atoms with Crippen LogP contribution in [0, 0.1) is 0 Å². The highest BCUT2D eigenvalue weighted by Gasteiger charge is 2.25. The highest BCUT2D eigenvalue weighted by Crippen LogP contribution is 2.17. The average molecular weight is 297 g/mol. The first-order chi connectivity index (χ1) is 8.06. The van der Waals surface area contributed by atoms with Gasteiger partial charge < -0.3 is 4.74 Å². The Morgan fingerprint density at radius 3 is 2.47 bits per heavy atom. The number of alkyl halides is 3. The van der Waals surface area contributed by atoms with E-state index in [1.165, 1.54) is 11.9 Å². The summed E-state index contributed by atoms with van der Waals surface area (Å²) in [5.41, 5.74) is -0.717. The van der Waals surface area contributed by atoms with Crippen LogP contribution in [0.5, 0.6) is 5.75 Å². The van der Waals surface area contributed by atoms with Gasteiger partial charge in [0.15, 0.2) is 0 Å². The largest absolute Gasteiger partial charge is 0.416 e. The topological polar surface area (TPSA) is 29.5 Å². The van der Waals surface area contributed by atoms with Gasteiger partial charge in [0.2, 0.25) is 0 Å². The maximum atomic E-state index is 11.7. The first kappa shape index (κ1) is 14.4. The summed E-state index contributed by atoms with van der Waals surface area (Å²) < 4.78 is 5.09. The van der Waals surface area contributed by atoms with E-state index < -0.39 is 17.0 Å². The zero-order valence-corrected chi connectivity index (χ0v) is 11.4. The maximum Gasteiger partial charge on any atom is 0.416 e. The summed E-state index contributed by atoms with van der Waals surface area (Å²) in [7, 11) is 1.50. The van der Waals surface area contributed by atoms with E-state index in [1.54, 1.807) is 24.3 Å². The van der Waals surface area contributed by atoms with Gasteiger partial charge in [0.1, 0.15) is 11.3 Å². The Labute approximate surface area is 115 Å². The zero-order valence-electron chi connectivity index (χ0n) is 9.15. The first-order valence-electron chi connectivity index (χ1n) is 4.90. The van der Waals surface area contributed by atoms with E-state index in [2.05, 4.69) is 0 Å². The molecule has 6 heteroatoms. The average Bonchev–Trinajstić information content (AvgIpc) is 2.37. The van der Waals surface area contributed by atoms with Crippen molar-refractivity contribution in [2.24, 2.45) is 0 Å². The van der Waals surface area contributed by atoms with Crippen molar-refractivity contribution in [3.05, 3.63) is 30.3 Å². The van der Waals surface area contributed by atoms with E-state index in [4.69, 9.17) is 39.5 Å². The minimum absolute atomic E-state index is 0.151. The molecule has 2 unspecified atom stereocenters. The number of rotatable bonds is 4. The molecule has 1 amide bonds. The lowest BCUT2D eigenvalue weighted by Gasteiger charge is -2.24. The van der Waals surface area contributed by atoms with Gasteiger partial charge in [-0.3, -0.25) is 4.90 Å². The number of amides is 1. The molecule has 0 saturated carbocycles. The number of ether oxygens (including phenoxy) is 1. The van der Waals surface area contributed by atoms with E-state index >= 15 is 0 Å². The van der Waals surface area contributed by atoms with Crippen LogP contribution in [0.1, 0.15) is 0 Å². The molecule has 3 nitrogen and oxygen atoms in total. The predicted molar refractivity (Wildman–Crippen MR) is 70.2 cm³/mol. The van der Waals surface area contributed by atoms with Crippen LogP contribution in [0.25, 0.3) is 0 Å². The molecule has 0 N–H and O–H groups in total. The van der Waals surface area contributed by atoms with Gasteiger partial charge in [-0.25, -0.2) is 4.79 Å². The van der Waals surface area contributed by atoms with E-state index in [-0.39, 0.29) is 5.88 Å². The summed E-state index contributed by atoms with van der Waals surface area (Å²) in [5, 5.41) is -0.536. The molecule has 0 saturated heterocycles. The van der Waals surface area contributed by atoms with Gasteiger partial charge in [-0.15, -0.1) is 23.2 Å². The van der Waals surface area contributed by atoms with Crippen LogP contribution >= 0.6 is 34.8 Å². The monoisotopic (exact) mass is 295 g/mol. The third-order valence-electron chi connectivity index (χ3n) is 2.05. The molecule has 0 aliphatic heterocycles. The van der Waals surface area contributed by atoms with Crippen molar-refractivity contribution in [1.29, 1.82) is 0 Å². The van der Waals surface area contributed by atoms with Crippen molar-refractivity contribution >= 4 is 40.9 Å². The highest BCUT2D eigenvalue weighted by atomic mass is 35.5. The second-order valence-electron chi connectivity index (χ2n) is 3.33. The van der Waals surface area contributed by atoms with Gasteiger partial charge in [-0.05, 0) is 12.1 Å². The van der Waals surface area contributed by atoms with Gasteiger partial charge in [-0.1, -0.05) is 29.8 Å². The molecule has 0 spiro atoms. The van der Waals surface area contributed by atoms with Crippen LogP contribution in [-0.2, 0) is 0 Å². The third-order valence-corrected chi connectivity index (χ3v) is 3.66. The molecule has 94 valence electrons. The fourth-order valence-corrected chi connectivity index (χ4v) is 1.68. The van der Waals surface area contributed by atoms with E-state index in [0.29, 0.717) is 5.75 Å². The zero-order chi connectivity index (χ0) is 12.8. The fraction of sp³-hybridized carbons (Fsp3) is 0.364. The number of carbonyl (C=O) groups is 1. The minimum Gasteiger partial charge on any atom is -0.410 e. The lowest BCUT2D eigenvalue weighted by molar-refractivity contribution is 0.158. The quantitative estimate of drug-likeness (QED) is 0.628. The molecular formula is C11H12Cl3NO2. The van der Waals surface area contributed by atoms with Crippen molar-refractivity contribution in [1.82, 2.24) is 4.90 Å². The summed E-state index contributed by atoms with van der Waals surface area (Å²) in [6, 6.07) is 8.71. The van der Waals surface area contributed by atoms with Gasteiger partial charge >= 0.3 is 6.09 Å². The molecule has 0 aliphatic rings. The molecule has 1 rings (SSSR count). The second-order valence-corrected chi connectivity index (χ2v) is 4.65. The van der Waals surface area contributed by atoms with Gasteiger partial charge in [0.25, 0.3) is 0 Å². The number of hydrogen-bond donors (Lipinski definition) is 0. The standard InChI is InChI=1S/C11H12Cl3NO2/c1-15(10(14)9(13)7-12)11(16)17-8-5-3-2-4-6-8/h2-6,9-10H,7H2,1H3. The van der Waals surface area contributed by atoms with Crippen LogP contribution in [0.2, 0.25) is 0 Å². The summed E-state index contributed by atoms with van der Waals surface area (Å²) in [4.78, 5) is 12.9. The smallest absolute Gasteiger partial charge is 0.410 e. The Bertz CT molecular complexity index is 361. The molecule has 1 aromatic rings. The van der Waals surface area contributed by atoms with Crippen molar-refractivity contribution in [3.8, 4) is 5.75 Å². The van der Waals surface area contributed by atoms with Crippen molar-refractivity contribution < 1.29 is 9.53 Å². The molecule has 1 aromatic carbocycles. The highest BCUT2D eigenvalue weighted by molar-refractivity contribution is 6.34. The summed E-state index contributed by atoms with van der Waals surface area (Å²) in [6.07, 6.45) is -0.577. The van der Waals surface area contributed by atoms with E-state index in [9.17, 15) is 4.79 Å². The summed E-state index contributed by atoms with van der Waals surface area (Å²) in [5.74, 6) is 0.601. The van der Waals surface area contributed by atoms with Crippen LogP contribution in [-0.4, -0.2) is 34.8 Å². The van der Waals surface area contributed by atoms with Gasteiger partial charge in [0.05, 0.1) is 5.38 Å². The summed E-state index contributed by atoms with van der Waals surface area (Å²) >= 11 is 17.4. The Morgan fingerprint density at radius 1 is 1.35 bits per heavy atom. The second kappa shape index (κ2) is 6.94. The van der Waals surface area contributed by atoms with Crippen LogP contribution in [0.3, 0.4) is 0 Å². The molecular weight excluding hydrogens is 284 g/mol. The van der Waals surface area contributed by atoms with E-state index in [1.807, 2.05) is 6.07 Å². The fourth-order valence-electron chi connectivity index (χ4n) is 1.08. The SMILES string of the molecule is CN(C(=O)Oc1ccccc1)C(Cl)C(Cl)CCl. The summed E-state index contributed by atoms with van der Waals surface area (Å²) in [6.45, 7) is 0. The molecule has 0 aliphatic carbocycles. The number of benzene rings is 1. The number of nitrogens with zero attached hydrogens (tertiary/aromatic N) is 1. The Kier molecular flexibility index (Phi) is 5.89. The first-order valence-corrected chi connectivity index (χ1v) is 6.30. The van der Waals surface area contributed by atoms with Crippen molar-refractivity contribution in [2.75, 3.05) is 12.9 Å². The van der Waals surface area contributed by atoms with Gasteiger partial charge in [0, 0.05) is 12.9 Å². The lowest BCUT2D eigenvalue weighted by Crippen LogP contribution is -2.41. The Balaban J connectivity index is 2.59. The molecule has 17 heavy (non-hydrogen) atoms. The van der Waals surface area contributed by atoms with Crippen molar-refractivity contribution in [2.45, 2.75) is 10.9 Å². The Morgan fingerprint density at radius 2 is 1.94 bits per heavy atom. The number of halogens is 3. The number of para-hydroxylation sites is 1. The maximum absolute atomic E-state index is 11.7.